The highest BCUT2D eigenvalue weighted by molar-refractivity contribution is 5.74. The van der Waals surface area contributed by atoms with Crippen molar-refractivity contribution in [2.45, 2.75) is 19.1 Å². The molecular formula is C6H13NO3. The van der Waals surface area contributed by atoms with E-state index in [1.807, 2.05) is 0 Å². The average Bonchev–Trinajstić information content (AvgIpc) is 1.88. The van der Waals surface area contributed by atoms with Crippen LogP contribution in [0.1, 0.15) is 6.92 Å². The van der Waals surface area contributed by atoms with E-state index < -0.39 is 12.0 Å². The van der Waals surface area contributed by atoms with Gasteiger partial charge >= 0.3 is 5.97 Å². The molecule has 0 radical (unpaired) electrons. The molecule has 4 nitrogen and oxygen atoms in total. The van der Waals surface area contributed by atoms with Gasteiger partial charge in [0, 0.05) is 7.11 Å². The van der Waals surface area contributed by atoms with Crippen molar-refractivity contribution in [3.8, 4) is 0 Å². The van der Waals surface area contributed by atoms with E-state index in [0.29, 0.717) is 0 Å². The third kappa shape index (κ3) is 2.33. The summed E-state index contributed by atoms with van der Waals surface area (Å²) >= 11 is 0. The summed E-state index contributed by atoms with van der Waals surface area (Å²) in [4.78, 5) is 10.4. The maximum atomic E-state index is 10.4. The predicted octanol–water partition coefficient (Wildman–Crippen LogP) is -0.306. The quantitative estimate of drug-likeness (QED) is 0.573. The number of methoxy groups -OCH3 is 1. The third-order valence-electron chi connectivity index (χ3n) is 1.42. The lowest BCUT2D eigenvalue weighted by Gasteiger charge is -2.17. The van der Waals surface area contributed by atoms with E-state index >= 15 is 0 Å². The maximum Gasteiger partial charge on any atom is 0.323 e. The van der Waals surface area contributed by atoms with E-state index in [9.17, 15) is 4.79 Å². The average molecular weight is 147 g/mol. The van der Waals surface area contributed by atoms with Crippen molar-refractivity contribution in [1.29, 1.82) is 0 Å². The minimum Gasteiger partial charge on any atom is -0.480 e. The molecule has 0 amide bonds. The summed E-state index contributed by atoms with van der Waals surface area (Å²) in [5.41, 5.74) is 0. The van der Waals surface area contributed by atoms with Gasteiger partial charge in [0.05, 0.1) is 6.10 Å². The summed E-state index contributed by atoms with van der Waals surface area (Å²) < 4.78 is 4.82. The summed E-state index contributed by atoms with van der Waals surface area (Å²) in [7, 11) is 3.08. The molecule has 2 N–H and O–H groups in total. The van der Waals surface area contributed by atoms with Gasteiger partial charge < -0.3 is 15.2 Å². The smallest absolute Gasteiger partial charge is 0.323 e. The Bertz CT molecular complexity index is 116. The van der Waals surface area contributed by atoms with E-state index in [2.05, 4.69) is 5.32 Å². The van der Waals surface area contributed by atoms with Crippen LogP contribution in [0, 0.1) is 0 Å². The minimum absolute atomic E-state index is 0.303. The lowest BCUT2D eigenvalue weighted by Crippen LogP contribution is -2.43. The molecule has 0 bridgehead atoms. The molecule has 0 rings (SSSR count). The number of likely N-dealkylation sites (N-methyl/N-ethyl adjacent to an activating group) is 1. The topological polar surface area (TPSA) is 58.6 Å². The molecule has 60 valence electrons. The Balaban J connectivity index is 3.92. The number of aliphatic carboxylic acids is 1. The molecule has 0 aliphatic heterocycles. The standard InChI is InChI=1S/C6H13NO3/c1-4(10-3)5(7-2)6(8)9/h4-5,7H,1-3H3,(H,8,9)/t4-,5-/m0/s1. The van der Waals surface area contributed by atoms with Crippen LogP contribution in [-0.4, -0.2) is 37.4 Å². The van der Waals surface area contributed by atoms with Crippen molar-refractivity contribution in [3.63, 3.8) is 0 Å². The van der Waals surface area contributed by atoms with Crippen molar-refractivity contribution >= 4 is 5.97 Å². The Morgan fingerprint density at radius 1 is 1.70 bits per heavy atom. The Morgan fingerprint density at radius 2 is 2.20 bits per heavy atom. The summed E-state index contributed by atoms with van der Waals surface area (Å²) in [5, 5.41) is 11.2. The number of carbonyl (C=O) groups is 1. The molecule has 0 aromatic heterocycles. The van der Waals surface area contributed by atoms with Crippen molar-refractivity contribution in [2.75, 3.05) is 14.2 Å². The number of hydrogen-bond acceptors (Lipinski definition) is 3. The van der Waals surface area contributed by atoms with Crippen LogP contribution in [0.15, 0.2) is 0 Å². The number of carboxylic acid groups (broad SMARTS) is 1. The highest BCUT2D eigenvalue weighted by Crippen LogP contribution is 1.95. The molecule has 10 heavy (non-hydrogen) atoms. The fourth-order valence-electron chi connectivity index (χ4n) is 0.695. The molecule has 4 heteroatoms. The second-order valence-electron chi connectivity index (χ2n) is 2.05. The summed E-state index contributed by atoms with van der Waals surface area (Å²) in [6.07, 6.45) is -0.303. The normalized spacial score (nSPS) is 16.3. The zero-order valence-corrected chi connectivity index (χ0v) is 6.42. The van der Waals surface area contributed by atoms with Crippen LogP contribution in [0.25, 0.3) is 0 Å². The molecule has 0 saturated heterocycles. The van der Waals surface area contributed by atoms with E-state index in [4.69, 9.17) is 9.84 Å². The van der Waals surface area contributed by atoms with Gasteiger partial charge in [-0.05, 0) is 14.0 Å². The first-order valence-corrected chi connectivity index (χ1v) is 3.06. The first-order valence-electron chi connectivity index (χ1n) is 3.06. The maximum absolute atomic E-state index is 10.4. The fourth-order valence-corrected chi connectivity index (χ4v) is 0.695. The molecule has 0 fully saturated rings. The molecule has 2 atom stereocenters. The first kappa shape index (κ1) is 9.39. The van der Waals surface area contributed by atoms with Gasteiger partial charge in [0.25, 0.3) is 0 Å². The molecule has 0 saturated carbocycles. The second kappa shape index (κ2) is 4.24. The lowest BCUT2D eigenvalue weighted by molar-refractivity contribution is -0.142. The fraction of sp³-hybridized carbons (Fsp3) is 0.833. The van der Waals surface area contributed by atoms with E-state index in [0.717, 1.165) is 0 Å². The number of carboxylic acids is 1. The molecule has 0 spiro atoms. The van der Waals surface area contributed by atoms with Crippen molar-refractivity contribution in [1.82, 2.24) is 5.32 Å². The van der Waals surface area contributed by atoms with Crippen LogP contribution in [0.5, 0.6) is 0 Å². The number of rotatable bonds is 4. The Kier molecular flexibility index (Phi) is 3.99. The van der Waals surface area contributed by atoms with Gasteiger partial charge in [-0.25, -0.2) is 0 Å². The zero-order valence-electron chi connectivity index (χ0n) is 6.42. The van der Waals surface area contributed by atoms with E-state index in [-0.39, 0.29) is 6.10 Å². The summed E-state index contributed by atoms with van der Waals surface area (Å²) in [6, 6.07) is -0.620. The summed E-state index contributed by atoms with van der Waals surface area (Å²) in [5.74, 6) is -0.892. The number of hydrogen-bond donors (Lipinski definition) is 2. The molecule has 0 aromatic rings. The van der Waals surface area contributed by atoms with Gasteiger partial charge in [0.1, 0.15) is 6.04 Å². The first-order chi connectivity index (χ1) is 4.63. The van der Waals surface area contributed by atoms with Crippen LogP contribution >= 0.6 is 0 Å². The molecule has 0 unspecified atom stereocenters. The molecule has 0 aliphatic carbocycles. The Hall–Kier alpha value is -0.610. The number of ether oxygens (including phenoxy) is 1. The van der Waals surface area contributed by atoms with Crippen LogP contribution in [0.2, 0.25) is 0 Å². The van der Waals surface area contributed by atoms with Crippen LogP contribution in [-0.2, 0) is 9.53 Å². The molecule has 0 heterocycles. The van der Waals surface area contributed by atoms with Crippen molar-refractivity contribution < 1.29 is 14.6 Å². The highest BCUT2D eigenvalue weighted by atomic mass is 16.5. The van der Waals surface area contributed by atoms with Gasteiger partial charge in [-0.2, -0.15) is 0 Å². The van der Waals surface area contributed by atoms with E-state index in [1.54, 1.807) is 14.0 Å². The van der Waals surface area contributed by atoms with Crippen LogP contribution in [0.4, 0.5) is 0 Å². The van der Waals surface area contributed by atoms with Gasteiger partial charge in [-0.15, -0.1) is 0 Å². The predicted molar refractivity (Wildman–Crippen MR) is 37.0 cm³/mol. The molecular weight excluding hydrogens is 134 g/mol. The number of nitrogens with one attached hydrogen (secondary N) is 1. The Morgan fingerprint density at radius 3 is 2.30 bits per heavy atom. The lowest BCUT2D eigenvalue weighted by atomic mass is 10.2. The van der Waals surface area contributed by atoms with Gasteiger partial charge in [0.2, 0.25) is 0 Å². The molecule has 0 aliphatic rings. The minimum atomic E-state index is -0.892. The molecule has 0 aromatic carbocycles. The highest BCUT2D eigenvalue weighted by Gasteiger charge is 2.21. The van der Waals surface area contributed by atoms with Gasteiger partial charge in [-0.3, -0.25) is 4.79 Å². The van der Waals surface area contributed by atoms with Crippen LogP contribution < -0.4 is 5.32 Å². The Labute approximate surface area is 60.2 Å². The summed E-state index contributed by atoms with van der Waals surface area (Å²) in [6.45, 7) is 1.70. The largest absolute Gasteiger partial charge is 0.480 e. The van der Waals surface area contributed by atoms with Gasteiger partial charge in [-0.1, -0.05) is 0 Å². The monoisotopic (exact) mass is 147 g/mol. The van der Waals surface area contributed by atoms with Crippen LogP contribution in [0.3, 0.4) is 0 Å². The van der Waals surface area contributed by atoms with Crippen molar-refractivity contribution in [3.05, 3.63) is 0 Å². The SMILES string of the molecule is CN[C@H](C(=O)O)[C@H](C)OC. The third-order valence-corrected chi connectivity index (χ3v) is 1.42. The second-order valence-corrected chi connectivity index (χ2v) is 2.05. The van der Waals surface area contributed by atoms with E-state index in [1.165, 1.54) is 7.11 Å². The van der Waals surface area contributed by atoms with Crippen molar-refractivity contribution in [2.24, 2.45) is 0 Å². The zero-order chi connectivity index (χ0) is 8.15. The van der Waals surface area contributed by atoms with Gasteiger partial charge in [0.15, 0.2) is 0 Å².